The van der Waals surface area contributed by atoms with Crippen LogP contribution < -0.4 is 5.56 Å². The van der Waals surface area contributed by atoms with Crippen molar-refractivity contribution >= 4 is 21.6 Å². The molecular weight excluding hydrogens is 306 g/mol. The highest BCUT2D eigenvalue weighted by atomic mass is 79.9. The summed E-state index contributed by atoms with van der Waals surface area (Å²) in [5.74, 6) is 0. The lowest BCUT2D eigenvalue weighted by Crippen LogP contribution is -2.20. The van der Waals surface area contributed by atoms with E-state index >= 15 is 0 Å². The number of pyridine rings is 1. The first-order chi connectivity index (χ1) is 9.15. The van der Waals surface area contributed by atoms with E-state index in [2.05, 4.69) is 26.0 Å². The number of aryl methyl sites for hydroxylation is 1. The van der Waals surface area contributed by atoms with E-state index in [1.807, 2.05) is 37.3 Å². The van der Waals surface area contributed by atoms with E-state index in [1.54, 1.807) is 0 Å². The molecule has 96 valence electrons. The number of benzene rings is 1. The number of halogens is 1. The van der Waals surface area contributed by atoms with Gasteiger partial charge in [-0.2, -0.15) is 0 Å². The average Bonchev–Trinajstić information content (AvgIpc) is 2.85. The minimum absolute atomic E-state index is 0.0320. The summed E-state index contributed by atoms with van der Waals surface area (Å²) in [5, 5.41) is 2.84. The van der Waals surface area contributed by atoms with E-state index < -0.39 is 0 Å². The fourth-order valence-electron chi connectivity index (χ4n) is 2.15. The molecule has 0 saturated carbocycles. The maximum atomic E-state index is 12.4. The Morgan fingerprint density at radius 3 is 2.79 bits per heavy atom. The SMILES string of the molecule is Cc1cc2nc[nH]n2c(=O)c1Cc1ccc(Br)cc1. The Hall–Kier alpha value is -1.88. The van der Waals surface area contributed by atoms with Crippen LogP contribution in [0.1, 0.15) is 16.7 Å². The van der Waals surface area contributed by atoms with Gasteiger partial charge in [-0.1, -0.05) is 28.1 Å². The minimum atomic E-state index is -0.0320. The summed E-state index contributed by atoms with van der Waals surface area (Å²) in [5.41, 5.74) is 3.50. The van der Waals surface area contributed by atoms with Crippen molar-refractivity contribution < 1.29 is 0 Å². The van der Waals surface area contributed by atoms with Gasteiger partial charge in [0.25, 0.3) is 5.56 Å². The second-order valence-electron chi connectivity index (χ2n) is 4.50. The van der Waals surface area contributed by atoms with Gasteiger partial charge in [-0.3, -0.25) is 9.89 Å². The summed E-state index contributed by atoms with van der Waals surface area (Å²) < 4.78 is 2.51. The molecule has 0 spiro atoms. The zero-order chi connectivity index (χ0) is 13.4. The van der Waals surface area contributed by atoms with Gasteiger partial charge in [0.2, 0.25) is 0 Å². The van der Waals surface area contributed by atoms with Crippen LogP contribution in [0.4, 0.5) is 0 Å². The molecule has 19 heavy (non-hydrogen) atoms. The smallest absolute Gasteiger partial charge is 0.274 e. The first kappa shape index (κ1) is 12.2. The van der Waals surface area contributed by atoms with Crippen LogP contribution in [-0.4, -0.2) is 14.6 Å². The van der Waals surface area contributed by atoms with Crippen molar-refractivity contribution in [3.8, 4) is 0 Å². The van der Waals surface area contributed by atoms with Gasteiger partial charge in [-0.25, -0.2) is 9.50 Å². The van der Waals surface area contributed by atoms with E-state index in [-0.39, 0.29) is 5.56 Å². The maximum absolute atomic E-state index is 12.4. The molecule has 0 aliphatic heterocycles. The molecule has 0 fully saturated rings. The van der Waals surface area contributed by atoms with E-state index in [9.17, 15) is 4.79 Å². The van der Waals surface area contributed by atoms with Crippen LogP contribution in [0, 0.1) is 6.92 Å². The molecule has 0 bridgehead atoms. The number of hydrogen-bond donors (Lipinski definition) is 1. The summed E-state index contributed by atoms with van der Waals surface area (Å²) in [7, 11) is 0. The van der Waals surface area contributed by atoms with Crippen molar-refractivity contribution in [2.24, 2.45) is 0 Å². The van der Waals surface area contributed by atoms with Crippen LogP contribution >= 0.6 is 15.9 Å². The topological polar surface area (TPSA) is 50.2 Å². The molecule has 1 aromatic carbocycles. The van der Waals surface area contributed by atoms with Crippen molar-refractivity contribution in [1.29, 1.82) is 0 Å². The first-order valence-electron chi connectivity index (χ1n) is 5.94. The lowest BCUT2D eigenvalue weighted by atomic mass is 10.0. The molecular formula is C14H12BrN3O. The number of rotatable bonds is 2. The summed E-state index contributed by atoms with van der Waals surface area (Å²) in [6.07, 6.45) is 2.15. The van der Waals surface area contributed by atoms with Crippen molar-refractivity contribution in [2.75, 3.05) is 0 Å². The number of aromatic amines is 1. The molecule has 5 heteroatoms. The quantitative estimate of drug-likeness (QED) is 0.790. The molecule has 0 saturated heterocycles. The molecule has 3 rings (SSSR count). The van der Waals surface area contributed by atoms with Crippen molar-refractivity contribution in [3.63, 3.8) is 0 Å². The normalized spacial score (nSPS) is 11.1. The lowest BCUT2D eigenvalue weighted by Gasteiger charge is -2.06. The Kier molecular flexibility index (Phi) is 2.98. The number of hydrogen-bond acceptors (Lipinski definition) is 2. The third-order valence-corrected chi connectivity index (χ3v) is 3.72. The van der Waals surface area contributed by atoms with E-state index in [0.717, 1.165) is 21.2 Å². The van der Waals surface area contributed by atoms with Gasteiger partial charge in [0.05, 0.1) is 0 Å². The molecule has 0 aliphatic carbocycles. The Morgan fingerprint density at radius 1 is 1.32 bits per heavy atom. The maximum Gasteiger partial charge on any atom is 0.274 e. The van der Waals surface area contributed by atoms with E-state index in [4.69, 9.17) is 0 Å². The van der Waals surface area contributed by atoms with Crippen molar-refractivity contribution in [3.05, 3.63) is 68.2 Å². The largest absolute Gasteiger partial charge is 0.279 e. The second-order valence-corrected chi connectivity index (χ2v) is 5.41. The molecule has 0 atom stereocenters. The van der Waals surface area contributed by atoms with E-state index in [0.29, 0.717) is 12.1 Å². The molecule has 2 heterocycles. The molecule has 1 N–H and O–H groups in total. The predicted octanol–water partition coefficient (Wildman–Crippen LogP) is 2.68. The lowest BCUT2D eigenvalue weighted by molar-refractivity contribution is 0.889. The van der Waals surface area contributed by atoms with Gasteiger partial charge < -0.3 is 0 Å². The summed E-state index contributed by atoms with van der Waals surface area (Å²) in [6.45, 7) is 1.95. The Bertz CT molecular complexity index is 787. The summed E-state index contributed by atoms with van der Waals surface area (Å²) >= 11 is 3.41. The molecule has 4 nitrogen and oxygen atoms in total. The van der Waals surface area contributed by atoms with Crippen LogP contribution in [-0.2, 0) is 6.42 Å². The highest BCUT2D eigenvalue weighted by molar-refractivity contribution is 9.10. The predicted molar refractivity (Wildman–Crippen MR) is 77.5 cm³/mol. The van der Waals surface area contributed by atoms with Gasteiger partial charge in [0.1, 0.15) is 6.33 Å². The Labute approximate surface area is 118 Å². The van der Waals surface area contributed by atoms with Crippen LogP contribution in [0.3, 0.4) is 0 Å². The van der Waals surface area contributed by atoms with Crippen LogP contribution in [0.5, 0.6) is 0 Å². The van der Waals surface area contributed by atoms with E-state index in [1.165, 1.54) is 10.8 Å². The van der Waals surface area contributed by atoms with Gasteiger partial charge in [-0.05, 0) is 36.2 Å². The number of fused-ring (bicyclic) bond motifs is 1. The molecule has 0 unspecified atom stereocenters. The van der Waals surface area contributed by atoms with Crippen LogP contribution in [0.2, 0.25) is 0 Å². The summed E-state index contributed by atoms with van der Waals surface area (Å²) in [6, 6.07) is 9.93. The Morgan fingerprint density at radius 2 is 2.05 bits per heavy atom. The van der Waals surface area contributed by atoms with Gasteiger partial charge in [-0.15, -0.1) is 0 Å². The van der Waals surface area contributed by atoms with Crippen molar-refractivity contribution in [2.45, 2.75) is 13.3 Å². The van der Waals surface area contributed by atoms with Crippen LogP contribution in [0.15, 0.2) is 45.9 Å². The molecule has 3 aromatic rings. The number of H-pyrrole nitrogens is 1. The first-order valence-corrected chi connectivity index (χ1v) is 6.73. The summed E-state index contributed by atoms with van der Waals surface area (Å²) in [4.78, 5) is 16.5. The number of nitrogens with one attached hydrogen (secondary N) is 1. The number of aromatic nitrogens is 3. The monoisotopic (exact) mass is 317 g/mol. The highest BCUT2D eigenvalue weighted by Gasteiger charge is 2.10. The van der Waals surface area contributed by atoms with Crippen LogP contribution in [0.25, 0.3) is 5.65 Å². The third-order valence-electron chi connectivity index (χ3n) is 3.19. The molecule has 0 aliphatic rings. The molecule has 2 aromatic heterocycles. The standard InChI is InChI=1S/C14H12BrN3O/c1-9-6-13-16-8-17-18(13)14(19)12(9)7-10-2-4-11(15)5-3-10/h2-6,8H,7H2,1H3,(H,16,17). The average molecular weight is 318 g/mol. The molecule has 0 amide bonds. The minimum Gasteiger partial charge on any atom is -0.279 e. The molecule has 0 radical (unpaired) electrons. The third kappa shape index (κ3) is 2.21. The van der Waals surface area contributed by atoms with Gasteiger partial charge in [0.15, 0.2) is 5.65 Å². The number of nitrogens with zero attached hydrogens (tertiary/aromatic N) is 2. The van der Waals surface area contributed by atoms with Gasteiger partial charge >= 0.3 is 0 Å². The fourth-order valence-corrected chi connectivity index (χ4v) is 2.41. The fraction of sp³-hybridized carbons (Fsp3) is 0.143. The second kappa shape index (κ2) is 4.66. The zero-order valence-corrected chi connectivity index (χ0v) is 11.9. The highest BCUT2D eigenvalue weighted by Crippen LogP contribution is 2.15. The zero-order valence-electron chi connectivity index (χ0n) is 10.4. The van der Waals surface area contributed by atoms with Crippen molar-refractivity contribution in [1.82, 2.24) is 14.6 Å². The van der Waals surface area contributed by atoms with Gasteiger partial charge in [0, 0.05) is 16.5 Å². The Balaban J connectivity index is 2.09.